The molecule has 0 bridgehead atoms. The molecule has 6 heteroatoms. The number of aromatic amines is 1. The molecule has 1 heterocycles. The van der Waals surface area contributed by atoms with Gasteiger partial charge < -0.3 is 0 Å². The number of nitrogens with one attached hydrogen (secondary N) is 2. The number of hydrazone groups is 1. The van der Waals surface area contributed by atoms with Gasteiger partial charge in [0.25, 0.3) is 5.91 Å². The highest BCUT2D eigenvalue weighted by Crippen LogP contribution is 2.36. The normalized spacial score (nSPS) is 12.7. The molecule has 142 valence electrons. The first-order chi connectivity index (χ1) is 14.2. The SMILES string of the molecule is O=C(NN=Cc1ccccc1Br)c1cc(-c2ccc3c4c(cccc24)CC3)n[nH]1. The first-order valence-corrected chi connectivity index (χ1v) is 10.2. The third-order valence-corrected chi connectivity index (χ3v) is 5.97. The van der Waals surface area contributed by atoms with Crippen LogP contribution in [0.25, 0.3) is 22.0 Å². The molecule has 0 fully saturated rings. The Bertz CT molecular complexity index is 1260. The molecule has 0 atom stereocenters. The van der Waals surface area contributed by atoms with E-state index in [4.69, 9.17) is 0 Å². The van der Waals surface area contributed by atoms with Gasteiger partial charge in [-0.2, -0.15) is 10.2 Å². The Balaban J connectivity index is 1.40. The van der Waals surface area contributed by atoms with Crippen LogP contribution < -0.4 is 5.43 Å². The maximum Gasteiger partial charge on any atom is 0.289 e. The molecule has 1 aliphatic rings. The van der Waals surface area contributed by atoms with Crippen LogP contribution in [0, 0.1) is 0 Å². The fourth-order valence-electron chi connectivity index (χ4n) is 3.85. The molecular formula is C23H17BrN4O. The number of benzene rings is 3. The van der Waals surface area contributed by atoms with Crippen molar-refractivity contribution in [3.05, 3.63) is 87.5 Å². The molecule has 0 saturated heterocycles. The molecule has 0 aliphatic heterocycles. The van der Waals surface area contributed by atoms with Gasteiger partial charge in [-0.1, -0.05) is 64.5 Å². The van der Waals surface area contributed by atoms with Gasteiger partial charge in [0.05, 0.1) is 11.9 Å². The third-order valence-electron chi connectivity index (χ3n) is 5.25. The van der Waals surface area contributed by atoms with Crippen LogP contribution in [0.3, 0.4) is 0 Å². The van der Waals surface area contributed by atoms with Crippen molar-refractivity contribution in [1.29, 1.82) is 0 Å². The zero-order valence-electron chi connectivity index (χ0n) is 15.4. The first kappa shape index (κ1) is 17.8. The molecular weight excluding hydrogens is 428 g/mol. The number of amides is 1. The molecule has 3 aromatic carbocycles. The van der Waals surface area contributed by atoms with Crippen LogP contribution in [0.5, 0.6) is 0 Å². The van der Waals surface area contributed by atoms with Crippen molar-refractivity contribution >= 4 is 38.8 Å². The topological polar surface area (TPSA) is 70.1 Å². The fourth-order valence-corrected chi connectivity index (χ4v) is 4.23. The zero-order chi connectivity index (χ0) is 19.8. The van der Waals surface area contributed by atoms with Crippen molar-refractivity contribution in [3.63, 3.8) is 0 Å². The van der Waals surface area contributed by atoms with Crippen molar-refractivity contribution in [2.24, 2.45) is 5.10 Å². The molecule has 0 saturated carbocycles. The Hall–Kier alpha value is -3.25. The first-order valence-electron chi connectivity index (χ1n) is 9.38. The van der Waals surface area contributed by atoms with Crippen LogP contribution in [0.15, 0.2) is 70.2 Å². The summed E-state index contributed by atoms with van der Waals surface area (Å²) < 4.78 is 0.911. The molecule has 4 aromatic rings. The number of aromatic nitrogens is 2. The van der Waals surface area contributed by atoms with E-state index in [0.717, 1.165) is 34.1 Å². The van der Waals surface area contributed by atoms with Gasteiger partial charge in [-0.3, -0.25) is 9.89 Å². The quantitative estimate of drug-likeness (QED) is 0.348. The summed E-state index contributed by atoms with van der Waals surface area (Å²) in [6.07, 6.45) is 3.77. The summed E-state index contributed by atoms with van der Waals surface area (Å²) in [5, 5.41) is 13.8. The van der Waals surface area contributed by atoms with Crippen LogP contribution in [0.1, 0.15) is 27.2 Å². The van der Waals surface area contributed by atoms with Gasteiger partial charge in [-0.25, -0.2) is 5.43 Å². The number of carbonyl (C=O) groups excluding carboxylic acids is 1. The molecule has 1 aromatic heterocycles. The van der Waals surface area contributed by atoms with Gasteiger partial charge in [-0.05, 0) is 46.9 Å². The van der Waals surface area contributed by atoms with E-state index >= 15 is 0 Å². The van der Waals surface area contributed by atoms with Gasteiger partial charge in [0.1, 0.15) is 5.69 Å². The van der Waals surface area contributed by atoms with Crippen LogP contribution >= 0.6 is 15.9 Å². The van der Waals surface area contributed by atoms with Crippen LogP contribution in [-0.2, 0) is 12.8 Å². The average molecular weight is 445 g/mol. The van der Waals surface area contributed by atoms with Crippen molar-refractivity contribution < 1.29 is 4.79 Å². The second-order valence-electron chi connectivity index (χ2n) is 7.00. The maximum absolute atomic E-state index is 12.4. The monoisotopic (exact) mass is 444 g/mol. The minimum Gasteiger partial charge on any atom is -0.272 e. The van der Waals surface area contributed by atoms with E-state index in [0.29, 0.717) is 5.69 Å². The predicted molar refractivity (Wildman–Crippen MR) is 118 cm³/mol. The van der Waals surface area contributed by atoms with E-state index in [9.17, 15) is 4.79 Å². The number of nitrogens with zero attached hydrogens (tertiary/aromatic N) is 2. The number of H-pyrrole nitrogens is 1. The number of halogens is 1. The largest absolute Gasteiger partial charge is 0.289 e. The molecule has 0 radical (unpaired) electrons. The minimum atomic E-state index is -0.335. The zero-order valence-corrected chi connectivity index (χ0v) is 17.0. The van der Waals surface area contributed by atoms with Crippen LogP contribution in [0.2, 0.25) is 0 Å². The van der Waals surface area contributed by atoms with E-state index in [1.54, 1.807) is 12.3 Å². The number of rotatable bonds is 4. The number of carbonyl (C=O) groups is 1. The highest BCUT2D eigenvalue weighted by Gasteiger charge is 2.18. The van der Waals surface area contributed by atoms with Crippen LogP contribution in [-0.4, -0.2) is 22.3 Å². The van der Waals surface area contributed by atoms with E-state index < -0.39 is 0 Å². The van der Waals surface area contributed by atoms with Gasteiger partial charge in [0.2, 0.25) is 0 Å². The predicted octanol–water partition coefficient (Wildman–Crippen LogP) is 4.85. The highest BCUT2D eigenvalue weighted by atomic mass is 79.9. The second-order valence-corrected chi connectivity index (χ2v) is 7.85. The fraction of sp³-hybridized carbons (Fsp3) is 0.0870. The van der Waals surface area contributed by atoms with Crippen molar-refractivity contribution in [2.45, 2.75) is 12.8 Å². The molecule has 5 rings (SSSR count). The smallest absolute Gasteiger partial charge is 0.272 e. The summed E-state index contributed by atoms with van der Waals surface area (Å²) in [5.41, 5.74) is 8.34. The molecule has 5 nitrogen and oxygen atoms in total. The van der Waals surface area contributed by atoms with Gasteiger partial charge in [0, 0.05) is 15.6 Å². The summed E-state index contributed by atoms with van der Waals surface area (Å²) in [6, 6.07) is 20.1. The molecule has 2 N–H and O–H groups in total. The standard InChI is InChI=1S/C23H17BrN4O/c24-19-7-2-1-4-16(19)13-25-28-23(29)21-12-20(26-27-21)17-11-10-15-9-8-14-5-3-6-18(17)22(14)15/h1-7,10-13H,8-9H2,(H,26,27)(H,28,29). The van der Waals surface area contributed by atoms with Crippen LogP contribution in [0.4, 0.5) is 0 Å². The Morgan fingerprint density at radius 3 is 2.76 bits per heavy atom. The van der Waals surface area contributed by atoms with E-state index in [-0.39, 0.29) is 5.91 Å². The molecule has 0 spiro atoms. The lowest BCUT2D eigenvalue weighted by molar-refractivity contribution is 0.0950. The summed E-state index contributed by atoms with van der Waals surface area (Å²) >= 11 is 3.45. The third kappa shape index (κ3) is 3.25. The van der Waals surface area contributed by atoms with Crippen molar-refractivity contribution in [2.75, 3.05) is 0 Å². The van der Waals surface area contributed by atoms with E-state index in [2.05, 4.69) is 67.0 Å². The lowest BCUT2D eigenvalue weighted by Gasteiger charge is -2.06. The Morgan fingerprint density at radius 2 is 1.90 bits per heavy atom. The van der Waals surface area contributed by atoms with Crippen molar-refractivity contribution in [3.8, 4) is 11.3 Å². The number of hydrogen-bond acceptors (Lipinski definition) is 3. The van der Waals surface area contributed by atoms with E-state index in [1.807, 2.05) is 24.3 Å². The molecule has 0 unspecified atom stereocenters. The van der Waals surface area contributed by atoms with Gasteiger partial charge >= 0.3 is 0 Å². The highest BCUT2D eigenvalue weighted by molar-refractivity contribution is 9.10. The van der Waals surface area contributed by atoms with Crippen molar-refractivity contribution in [1.82, 2.24) is 15.6 Å². The summed E-state index contributed by atoms with van der Waals surface area (Å²) in [4.78, 5) is 12.4. The molecule has 1 aliphatic carbocycles. The lowest BCUT2D eigenvalue weighted by atomic mass is 9.98. The minimum absolute atomic E-state index is 0.335. The number of hydrogen-bond donors (Lipinski definition) is 2. The van der Waals surface area contributed by atoms with E-state index in [1.165, 1.54) is 21.9 Å². The Labute approximate surface area is 176 Å². The molecule has 29 heavy (non-hydrogen) atoms. The number of aryl methyl sites for hydroxylation is 2. The Morgan fingerprint density at radius 1 is 1.07 bits per heavy atom. The second kappa shape index (κ2) is 7.29. The summed E-state index contributed by atoms with van der Waals surface area (Å²) in [5.74, 6) is -0.335. The van der Waals surface area contributed by atoms with Gasteiger partial charge in [0.15, 0.2) is 0 Å². The summed E-state index contributed by atoms with van der Waals surface area (Å²) in [6.45, 7) is 0. The lowest BCUT2D eigenvalue weighted by Crippen LogP contribution is -2.18. The molecule has 1 amide bonds. The maximum atomic E-state index is 12.4. The average Bonchev–Trinajstić information content (AvgIpc) is 3.39. The summed E-state index contributed by atoms with van der Waals surface area (Å²) in [7, 11) is 0. The van der Waals surface area contributed by atoms with Gasteiger partial charge in [-0.15, -0.1) is 0 Å². The Kier molecular flexibility index (Phi) is 4.48.